The molecular formula is C19H28. The average Bonchev–Trinajstić information content (AvgIpc) is 2.84. The molecule has 0 amide bonds. The van der Waals surface area contributed by atoms with E-state index < -0.39 is 0 Å². The third-order valence-corrected chi connectivity index (χ3v) is 4.27. The number of benzene rings is 1. The molecule has 1 unspecified atom stereocenters. The van der Waals surface area contributed by atoms with E-state index in [9.17, 15) is 0 Å². The van der Waals surface area contributed by atoms with Gasteiger partial charge < -0.3 is 0 Å². The second-order valence-electron chi connectivity index (χ2n) is 6.96. The van der Waals surface area contributed by atoms with E-state index in [1.807, 2.05) is 0 Å². The van der Waals surface area contributed by atoms with Gasteiger partial charge in [-0.1, -0.05) is 70.9 Å². The summed E-state index contributed by atoms with van der Waals surface area (Å²) >= 11 is 0. The minimum atomic E-state index is 0.256. The van der Waals surface area contributed by atoms with Crippen molar-refractivity contribution in [2.24, 2.45) is 5.92 Å². The molecule has 0 saturated carbocycles. The second kappa shape index (κ2) is 5.94. The molecule has 0 N–H and O–H groups in total. The maximum Gasteiger partial charge on any atom is -0.0132 e. The highest BCUT2D eigenvalue weighted by atomic mass is 14.2. The first-order chi connectivity index (χ1) is 9.00. The van der Waals surface area contributed by atoms with E-state index >= 15 is 0 Å². The Morgan fingerprint density at radius 3 is 2.37 bits per heavy atom. The van der Waals surface area contributed by atoms with E-state index in [0.717, 1.165) is 5.92 Å². The van der Waals surface area contributed by atoms with Gasteiger partial charge in [-0.15, -0.1) is 0 Å². The van der Waals surface area contributed by atoms with Gasteiger partial charge in [-0.2, -0.15) is 0 Å². The van der Waals surface area contributed by atoms with Crippen LogP contribution in [0.1, 0.15) is 70.9 Å². The molecule has 1 atom stereocenters. The van der Waals surface area contributed by atoms with Crippen LogP contribution in [0.5, 0.6) is 0 Å². The molecule has 1 aromatic carbocycles. The van der Waals surface area contributed by atoms with Gasteiger partial charge in [0.2, 0.25) is 0 Å². The Hall–Kier alpha value is -1.04. The van der Waals surface area contributed by atoms with Crippen LogP contribution in [0.25, 0.3) is 5.57 Å². The number of rotatable bonds is 4. The summed E-state index contributed by atoms with van der Waals surface area (Å²) in [6.45, 7) is 9.11. The van der Waals surface area contributed by atoms with E-state index in [4.69, 9.17) is 0 Å². The highest BCUT2D eigenvalue weighted by Crippen LogP contribution is 2.34. The van der Waals surface area contributed by atoms with E-state index in [0.29, 0.717) is 0 Å². The molecule has 1 aromatic rings. The highest BCUT2D eigenvalue weighted by Gasteiger charge is 2.17. The Kier molecular flexibility index (Phi) is 4.50. The molecule has 0 fully saturated rings. The van der Waals surface area contributed by atoms with Crippen molar-refractivity contribution in [1.29, 1.82) is 0 Å². The predicted molar refractivity (Wildman–Crippen MR) is 85.4 cm³/mol. The Morgan fingerprint density at radius 1 is 1.11 bits per heavy atom. The van der Waals surface area contributed by atoms with Crippen molar-refractivity contribution in [2.45, 2.75) is 65.2 Å². The minimum Gasteiger partial charge on any atom is -0.0776 e. The molecule has 1 aliphatic rings. The van der Waals surface area contributed by atoms with Gasteiger partial charge in [0.05, 0.1) is 0 Å². The molecule has 0 radical (unpaired) electrons. The molecule has 0 heterocycles. The minimum absolute atomic E-state index is 0.256. The molecule has 0 bridgehead atoms. The predicted octanol–water partition coefficient (Wildman–Crippen LogP) is 5.97. The molecule has 2 rings (SSSR count). The van der Waals surface area contributed by atoms with E-state index in [1.54, 1.807) is 5.57 Å². The number of hydrogen-bond donors (Lipinski definition) is 0. The van der Waals surface area contributed by atoms with Crippen molar-refractivity contribution in [3.8, 4) is 0 Å². The van der Waals surface area contributed by atoms with Crippen molar-refractivity contribution in [1.82, 2.24) is 0 Å². The van der Waals surface area contributed by atoms with Gasteiger partial charge in [0.15, 0.2) is 0 Å². The summed E-state index contributed by atoms with van der Waals surface area (Å²) in [7, 11) is 0. The van der Waals surface area contributed by atoms with E-state index in [2.05, 4.69) is 58.0 Å². The summed E-state index contributed by atoms with van der Waals surface area (Å²) in [6.07, 6.45) is 9.22. The first kappa shape index (κ1) is 14.4. The zero-order valence-corrected chi connectivity index (χ0v) is 13.0. The molecule has 0 aliphatic heterocycles. The molecule has 1 aliphatic carbocycles. The van der Waals surface area contributed by atoms with Crippen molar-refractivity contribution in [2.75, 3.05) is 0 Å². The highest BCUT2D eigenvalue weighted by molar-refractivity contribution is 5.67. The Balaban J connectivity index is 2.07. The zero-order chi connectivity index (χ0) is 13.9. The van der Waals surface area contributed by atoms with Crippen molar-refractivity contribution < 1.29 is 0 Å². The smallest absolute Gasteiger partial charge is 0.0132 e. The van der Waals surface area contributed by atoms with Crippen LogP contribution in [-0.2, 0) is 5.41 Å². The summed E-state index contributed by atoms with van der Waals surface area (Å²) in [6, 6.07) is 9.23. The van der Waals surface area contributed by atoms with Crippen LogP contribution >= 0.6 is 0 Å². The van der Waals surface area contributed by atoms with Crippen LogP contribution in [0.2, 0.25) is 0 Å². The van der Waals surface area contributed by atoms with Crippen molar-refractivity contribution in [3.63, 3.8) is 0 Å². The molecule has 104 valence electrons. The summed E-state index contributed by atoms with van der Waals surface area (Å²) in [5, 5.41) is 0. The van der Waals surface area contributed by atoms with Gasteiger partial charge in [0.25, 0.3) is 0 Å². The fraction of sp³-hybridized carbons (Fsp3) is 0.579. The number of hydrogen-bond acceptors (Lipinski definition) is 0. The third-order valence-electron chi connectivity index (χ3n) is 4.27. The summed E-state index contributed by atoms with van der Waals surface area (Å²) < 4.78 is 0. The molecule has 0 spiro atoms. The third kappa shape index (κ3) is 3.72. The van der Waals surface area contributed by atoms with E-state index in [-0.39, 0.29) is 5.41 Å². The van der Waals surface area contributed by atoms with Crippen LogP contribution in [0, 0.1) is 5.92 Å². The normalized spacial score (nSPS) is 19.6. The SMILES string of the molecule is CCCCC1C=C(c2ccc(C(C)(C)C)cc2)CC1. The fourth-order valence-corrected chi connectivity index (χ4v) is 2.91. The van der Waals surface area contributed by atoms with Crippen LogP contribution in [-0.4, -0.2) is 0 Å². The first-order valence-corrected chi connectivity index (χ1v) is 7.82. The molecule has 19 heavy (non-hydrogen) atoms. The molecule has 0 saturated heterocycles. The van der Waals surface area contributed by atoms with Crippen molar-refractivity contribution in [3.05, 3.63) is 41.5 Å². The van der Waals surface area contributed by atoms with Gasteiger partial charge in [-0.3, -0.25) is 0 Å². The second-order valence-corrected chi connectivity index (χ2v) is 6.96. The zero-order valence-electron chi connectivity index (χ0n) is 13.0. The summed E-state index contributed by atoms with van der Waals surface area (Å²) in [5.41, 5.74) is 4.69. The monoisotopic (exact) mass is 256 g/mol. The van der Waals surface area contributed by atoms with E-state index in [1.165, 1.54) is 43.2 Å². The largest absolute Gasteiger partial charge is 0.0776 e. The number of unbranched alkanes of at least 4 members (excludes halogenated alkanes) is 1. The Bertz CT molecular complexity index is 428. The lowest BCUT2D eigenvalue weighted by atomic mass is 9.86. The number of allylic oxidation sites excluding steroid dienone is 2. The fourth-order valence-electron chi connectivity index (χ4n) is 2.91. The molecular weight excluding hydrogens is 228 g/mol. The van der Waals surface area contributed by atoms with Gasteiger partial charge in [0.1, 0.15) is 0 Å². The summed E-state index contributed by atoms with van der Waals surface area (Å²) in [5.74, 6) is 0.831. The first-order valence-electron chi connectivity index (χ1n) is 7.82. The quantitative estimate of drug-likeness (QED) is 0.622. The van der Waals surface area contributed by atoms with Gasteiger partial charge in [0, 0.05) is 0 Å². The Morgan fingerprint density at radius 2 is 1.79 bits per heavy atom. The van der Waals surface area contributed by atoms with Gasteiger partial charge >= 0.3 is 0 Å². The lowest BCUT2D eigenvalue weighted by Crippen LogP contribution is -2.10. The lowest BCUT2D eigenvalue weighted by Gasteiger charge is -2.19. The maximum absolute atomic E-state index is 2.53. The van der Waals surface area contributed by atoms with Gasteiger partial charge in [-0.25, -0.2) is 0 Å². The standard InChI is InChI=1S/C19H28/c1-5-6-7-15-8-9-17(14-15)16-10-12-18(13-11-16)19(2,3)4/h10-15H,5-9H2,1-4H3. The van der Waals surface area contributed by atoms with Gasteiger partial charge in [-0.05, 0) is 47.3 Å². The van der Waals surface area contributed by atoms with Crippen LogP contribution in [0.4, 0.5) is 0 Å². The lowest BCUT2D eigenvalue weighted by molar-refractivity contribution is 0.546. The topological polar surface area (TPSA) is 0 Å². The van der Waals surface area contributed by atoms with Crippen LogP contribution < -0.4 is 0 Å². The molecule has 0 heteroatoms. The molecule has 0 aromatic heterocycles. The van der Waals surface area contributed by atoms with Crippen LogP contribution in [0.3, 0.4) is 0 Å². The van der Waals surface area contributed by atoms with Crippen LogP contribution in [0.15, 0.2) is 30.3 Å². The average molecular weight is 256 g/mol. The maximum atomic E-state index is 2.53. The Labute approximate surface area is 118 Å². The molecule has 0 nitrogen and oxygen atoms in total. The van der Waals surface area contributed by atoms with Crippen molar-refractivity contribution >= 4 is 5.57 Å². The summed E-state index contributed by atoms with van der Waals surface area (Å²) in [4.78, 5) is 0.